The minimum Gasteiger partial charge on any atom is -0.481 e. The fraction of sp³-hybridized carbons (Fsp3) is 0.542. The van der Waals surface area contributed by atoms with Gasteiger partial charge in [-0.1, -0.05) is 12.1 Å². The van der Waals surface area contributed by atoms with E-state index in [1.807, 2.05) is 0 Å². The zero-order valence-electron chi connectivity index (χ0n) is 18.7. The molecular formula is C24H27F4N3O3. The lowest BCUT2D eigenvalue weighted by Gasteiger charge is -2.32. The maximum atomic E-state index is 13.6. The van der Waals surface area contributed by atoms with Gasteiger partial charge in [0.15, 0.2) is 5.69 Å². The molecule has 10 heteroatoms. The molecule has 1 saturated carbocycles. The van der Waals surface area contributed by atoms with Crippen molar-refractivity contribution in [3.05, 3.63) is 52.6 Å². The van der Waals surface area contributed by atoms with Gasteiger partial charge in [0.25, 0.3) is 0 Å². The second kappa shape index (κ2) is 9.76. The van der Waals surface area contributed by atoms with Crippen LogP contribution in [0.1, 0.15) is 61.0 Å². The van der Waals surface area contributed by atoms with Gasteiger partial charge in [0.05, 0.1) is 18.8 Å². The molecular weight excluding hydrogens is 454 g/mol. The number of benzene rings is 1. The number of aliphatic carboxylic acids is 1. The van der Waals surface area contributed by atoms with Crippen molar-refractivity contribution in [3.8, 4) is 0 Å². The van der Waals surface area contributed by atoms with Gasteiger partial charge in [0.1, 0.15) is 5.82 Å². The van der Waals surface area contributed by atoms with Gasteiger partial charge < -0.3 is 10.0 Å². The average molecular weight is 481 g/mol. The summed E-state index contributed by atoms with van der Waals surface area (Å²) in [6.45, 7) is 0.298. The zero-order chi connectivity index (χ0) is 24.5. The summed E-state index contributed by atoms with van der Waals surface area (Å²) in [5.41, 5.74) is 0.171. The number of halogens is 4. The number of aromatic nitrogens is 2. The highest BCUT2D eigenvalue weighted by molar-refractivity contribution is 5.76. The van der Waals surface area contributed by atoms with Gasteiger partial charge in [-0.05, 0) is 61.6 Å². The fourth-order valence-corrected chi connectivity index (χ4v) is 5.08. The van der Waals surface area contributed by atoms with Gasteiger partial charge in [-0.15, -0.1) is 0 Å². The Kier molecular flexibility index (Phi) is 6.95. The highest BCUT2D eigenvalue weighted by atomic mass is 19.4. The van der Waals surface area contributed by atoms with Crippen LogP contribution in [-0.2, 0) is 35.3 Å². The van der Waals surface area contributed by atoms with Crippen LogP contribution in [0, 0.1) is 17.7 Å². The standard InChI is InChI=1S/C24H27F4N3O3/c25-18-7-5-17(6-8-18)13-31-20-14-30(10-9-19(20)23(29-31)24(26,27)28)21(32)11-15-1-3-16(4-2-15)12-22(33)34/h5-8,15-16H,1-4,9-14H2,(H,33,34). The third-order valence-corrected chi connectivity index (χ3v) is 6.90. The SMILES string of the molecule is O=C(O)CC1CCC(CC(=O)N2CCc3c(C(F)(F)F)nn(Cc4ccc(F)cc4)c3C2)CC1. The van der Waals surface area contributed by atoms with E-state index in [2.05, 4.69) is 5.10 Å². The molecule has 0 spiro atoms. The number of amides is 1. The minimum absolute atomic E-state index is 0.0484. The van der Waals surface area contributed by atoms with Crippen LogP contribution >= 0.6 is 0 Å². The first-order valence-corrected chi connectivity index (χ1v) is 11.5. The quantitative estimate of drug-likeness (QED) is 0.610. The van der Waals surface area contributed by atoms with Gasteiger partial charge in [0.2, 0.25) is 5.91 Å². The summed E-state index contributed by atoms with van der Waals surface area (Å²) < 4.78 is 55.3. The third kappa shape index (κ3) is 5.59. The Labute approximate surface area is 194 Å². The molecule has 4 rings (SSSR count). The van der Waals surface area contributed by atoms with E-state index in [0.717, 1.165) is 25.7 Å². The molecule has 1 aromatic heterocycles. The van der Waals surface area contributed by atoms with Gasteiger partial charge in [0, 0.05) is 24.9 Å². The molecule has 2 aliphatic rings. The summed E-state index contributed by atoms with van der Waals surface area (Å²) in [4.78, 5) is 25.5. The van der Waals surface area contributed by atoms with Gasteiger partial charge >= 0.3 is 12.1 Å². The van der Waals surface area contributed by atoms with Crippen LogP contribution in [0.2, 0.25) is 0 Å². The monoisotopic (exact) mass is 481 g/mol. The van der Waals surface area contributed by atoms with E-state index in [1.54, 1.807) is 4.90 Å². The Morgan fingerprint density at radius 2 is 1.65 bits per heavy atom. The Balaban J connectivity index is 1.46. The Morgan fingerprint density at radius 3 is 2.24 bits per heavy atom. The first-order chi connectivity index (χ1) is 16.1. The number of carbonyl (C=O) groups is 2. The van der Waals surface area contributed by atoms with Crippen LogP contribution in [0.15, 0.2) is 24.3 Å². The topological polar surface area (TPSA) is 75.4 Å². The molecule has 2 heterocycles. The number of alkyl halides is 3. The van der Waals surface area contributed by atoms with Crippen LogP contribution in [0.5, 0.6) is 0 Å². The molecule has 0 unspecified atom stereocenters. The number of hydrogen-bond donors (Lipinski definition) is 1. The van der Waals surface area contributed by atoms with Crippen molar-refractivity contribution in [2.45, 2.75) is 64.2 Å². The van der Waals surface area contributed by atoms with Gasteiger partial charge in [-0.25, -0.2) is 4.39 Å². The molecule has 1 amide bonds. The first-order valence-electron chi connectivity index (χ1n) is 11.5. The fourth-order valence-electron chi connectivity index (χ4n) is 5.08. The van der Waals surface area contributed by atoms with E-state index in [0.29, 0.717) is 17.7 Å². The largest absolute Gasteiger partial charge is 0.481 e. The Morgan fingerprint density at radius 1 is 1.03 bits per heavy atom. The van der Waals surface area contributed by atoms with E-state index in [4.69, 9.17) is 5.11 Å². The van der Waals surface area contributed by atoms with E-state index in [1.165, 1.54) is 28.9 Å². The number of carbonyl (C=O) groups excluding carboxylic acids is 1. The summed E-state index contributed by atoms with van der Waals surface area (Å²) in [5.74, 6) is -1.04. The molecule has 184 valence electrons. The third-order valence-electron chi connectivity index (χ3n) is 6.90. The Bertz CT molecular complexity index is 1040. The molecule has 6 nitrogen and oxygen atoms in total. The van der Waals surface area contributed by atoms with Crippen molar-refractivity contribution in [1.29, 1.82) is 0 Å². The predicted molar refractivity (Wildman–Crippen MR) is 114 cm³/mol. The molecule has 1 aliphatic heterocycles. The number of carboxylic acid groups (broad SMARTS) is 1. The van der Waals surface area contributed by atoms with Crippen molar-refractivity contribution in [2.24, 2.45) is 11.8 Å². The predicted octanol–water partition coefficient (Wildman–Crippen LogP) is 4.65. The van der Waals surface area contributed by atoms with Crippen molar-refractivity contribution in [3.63, 3.8) is 0 Å². The van der Waals surface area contributed by atoms with Crippen molar-refractivity contribution in [1.82, 2.24) is 14.7 Å². The minimum atomic E-state index is -4.60. The first kappa shape index (κ1) is 24.2. The molecule has 0 bridgehead atoms. The van der Waals surface area contributed by atoms with E-state index in [9.17, 15) is 27.2 Å². The second-order valence-corrected chi connectivity index (χ2v) is 9.31. The molecule has 1 N–H and O–H groups in total. The summed E-state index contributed by atoms with van der Waals surface area (Å²) in [6, 6.07) is 5.50. The van der Waals surface area contributed by atoms with Crippen LogP contribution in [0.4, 0.5) is 17.6 Å². The normalized spacial score (nSPS) is 20.8. The summed E-state index contributed by atoms with van der Waals surface area (Å²) in [6.07, 6.45) is -0.958. The van der Waals surface area contributed by atoms with Crippen molar-refractivity contribution in [2.75, 3.05) is 6.54 Å². The number of carboxylic acids is 1. The second-order valence-electron chi connectivity index (χ2n) is 9.31. The van der Waals surface area contributed by atoms with Crippen LogP contribution in [0.25, 0.3) is 0 Å². The maximum Gasteiger partial charge on any atom is 0.435 e. The summed E-state index contributed by atoms with van der Waals surface area (Å²) >= 11 is 0. The number of rotatable bonds is 6. The lowest BCUT2D eigenvalue weighted by atomic mass is 9.79. The number of fused-ring (bicyclic) bond motifs is 1. The molecule has 0 saturated heterocycles. The molecule has 1 aromatic carbocycles. The van der Waals surface area contributed by atoms with Crippen LogP contribution < -0.4 is 0 Å². The highest BCUT2D eigenvalue weighted by Crippen LogP contribution is 2.36. The maximum absolute atomic E-state index is 13.6. The lowest BCUT2D eigenvalue weighted by Crippen LogP contribution is -2.38. The molecule has 1 fully saturated rings. The summed E-state index contributed by atoms with van der Waals surface area (Å²) in [5, 5.41) is 12.8. The number of nitrogens with zero attached hydrogens (tertiary/aromatic N) is 3. The molecule has 0 radical (unpaired) electrons. The van der Waals surface area contributed by atoms with Gasteiger partial charge in [-0.2, -0.15) is 18.3 Å². The zero-order valence-corrected chi connectivity index (χ0v) is 18.7. The van der Waals surface area contributed by atoms with E-state index in [-0.39, 0.29) is 55.8 Å². The molecule has 2 aromatic rings. The average Bonchev–Trinajstić information content (AvgIpc) is 3.14. The van der Waals surface area contributed by atoms with Crippen molar-refractivity contribution < 1.29 is 32.3 Å². The highest BCUT2D eigenvalue weighted by Gasteiger charge is 2.41. The Hall–Kier alpha value is -2.91. The molecule has 34 heavy (non-hydrogen) atoms. The van der Waals surface area contributed by atoms with Crippen LogP contribution in [-0.4, -0.2) is 38.2 Å². The van der Waals surface area contributed by atoms with E-state index >= 15 is 0 Å². The van der Waals surface area contributed by atoms with Gasteiger partial charge in [-0.3, -0.25) is 14.3 Å². The lowest BCUT2D eigenvalue weighted by molar-refractivity contribution is -0.142. The number of hydrogen-bond acceptors (Lipinski definition) is 3. The smallest absolute Gasteiger partial charge is 0.435 e. The summed E-state index contributed by atoms with van der Waals surface area (Å²) in [7, 11) is 0. The molecule has 0 atom stereocenters. The molecule has 1 aliphatic carbocycles. The van der Waals surface area contributed by atoms with E-state index < -0.39 is 23.7 Å². The van der Waals surface area contributed by atoms with Crippen LogP contribution in [0.3, 0.4) is 0 Å². The van der Waals surface area contributed by atoms with Crippen molar-refractivity contribution >= 4 is 11.9 Å².